The van der Waals surface area contributed by atoms with Crippen LogP contribution >= 0.6 is 11.3 Å². The van der Waals surface area contributed by atoms with Crippen LogP contribution in [-0.4, -0.2) is 31.3 Å². The molecule has 0 radical (unpaired) electrons. The van der Waals surface area contributed by atoms with E-state index in [1.165, 1.54) is 11.3 Å². The van der Waals surface area contributed by atoms with E-state index in [-0.39, 0.29) is 5.41 Å². The summed E-state index contributed by atoms with van der Waals surface area (Å²) in [7, 11) is 1.79. The van der Waals surface area contributed by atoms with Crippen molar-refractivity contribution in [3.05, 3.63) is 10.6 Å². The maximum absolute atomic E-state index is 5.87. The van der Waals surface area contributed by atoms with Crippen molar-refractivity contribution in [1.82, 2.24) is 4.98 Å². The number of ether oxygens (including phenoxy) is 1. The number of rotatable bonds is 3. The minimum absolute atomic E-state index is 0.0555. The Morgan fingerprint density at radius 2 is 2.21 bits per heavy atom. The zero-order chi connectivity index (χ0) is 14.0. The Hall–Kier alpha value is -0.650. The molecule has 0 bridgehead atoms. The molecule has 5 heteroatoms. The van der Waals surface area contributed by atoms with E-state index in [9.17, 15) is 0 Å². The maximum atomic E-state index is 5.87. The second-order valence-electron chi connectivity index (χ2n) is 6.17. The van der Waals surface area contributed by atoms with Crippen LogP contribution in [0.25, 0.3) is 0 Å². The Labute approximate surface area is 120 Å². The Morgan fingerprint density at radius 1 is 1.47 bits per heavy atom. The fourth-order valence-corrected chi connectivity index (χ4v) is 3.69. The van der Waals surface area contributed by atoms with E-state index in [2.05, 4.69) is 25.7 Å². The van der Waals surface area contributed by atoms with Gasteiger partial charge in [-0.1, -0.05) is 20.8 Å². The fraction of sp³-hybridized carbons (Fsp3) is 0.786. The van der Waals surface area contributed by atoms with Gasteiger partial charge in [0, 0.05) is 37.0 Å². The van der Waals surface area contributed by atoms with E-state index >= 15 is 0 Å². The first kappa shape index (κ1) is 14.8. The van der Waals surface area contributed by atoms with Gasteiger partial charge in [-0.15, -0.1) is 11.3 Å². The topological polar surface area (TPSA) is 51.4 Å². The molecule has 4 nitrogen and oxygen atoms in total. The molecule has 1 fully saturated rings. The molecule has 0 saturated carbocycles. The molecule has 0 spiro atoms. The number of nitrogens with two attached hydrogens (primary N) is 1. The molecule has 1 atom stereocenters. The average molecular weight is 283 g/mol. The number of nitrogens with zero attached hydrogens (tertiary/aromatic N) is 2. The van der Waals surface area contributed by atoms with Crippen molar-refractivity contribution in [1.29, 1.82) is 0 Å². The van der Waals surface area contributed by atoms with Crippen LogP contribution in [0.4, 0.5) is 5.13 Å². The van der Waals surface area contributed by atoms with Crippen LogP contribution in [0.15, 0.2) is 0 Å². The number of thiazole rings is 1. The molecule has 0 aromatic carbocycles. The summed E-state index contributed by atoms with van der Waals surface area (Å²) < 4.78 is 5.48. The standard InChI is InChI=1S/C14H25N3OS/c1-14(2,3)12-11(8-15)19-13(16-12)17-7-5-6-10(9-17)18-4/h10H,5-9,15H2,1-4H3. The summed E-state index contributed by atoms with van der Waals surface area (Å²) in [5.74, 6) is 0. The van der Waals surface area contributed by atoms with Crippen molar-refractivity contribution in [3.8, 4) is 0 Å². The van der Waals surface area contributed by atoms with Gasteiger partial charge >= 0.3 is 0 Å². The van der Waals surface area contributed by atoms with Crippen molar-refractivity contribution < 1.29 is 4.74 Å². The third-order valence-corrected chi connectivity index (χ3v) is 4.70. The summed E-state index contributed by atoms with van der Waals surface area (Å²) >= 11 is 1.74. The van der Waals surface area contributed by atoms with Crippen molar-refractivity contribution in [2.24, 2.45) is 5.73 Å². The van der Waals surface area contributed by atoms with Crippen LogP contribution in [-0.2, 0) is 16.7 Å². The molecule has 2 heterocycles. The van der Waals surface area contributed by atoms with Crippen LogP contribution < -0.4 is 10.6 Å². The molecule has 0 aliphatic carbocycles. The van der Waals surface area contributed by atoms with E-state index in [1.807, 2.05) is 0 Å². The Balaban J connectivity index is 2.23. The van der Waals surface area contributed by atoms with Gasteiger partial charge in [-0.2, -0.15) is 0 Å². The maximum Gasteiger partial charge on any atom is 0.185 e. The number of hydrogen-bond donors (Lipinski definition) is 1. The first-order chi connectivity index (χ1) is 8.95. The van der Waals surface area contributed by atoms with Gasteiger partial charge in [-0.3, -0.25) is 0 Å². The molecule has 1 aliphatic heterocycles. The lowest BCUT2D eigenvalue weighted by Crippen LogP contribution is -2.39. The molecule has 0 amide bonds. The molecule has 1 aromatic rings. The summed E-state index contributed by atoms with van der Waals surface area (Å²) in [6, 6.07) is 0. The first-order valence-corrected chi connectivity index (χ1v) is 7.75. The molecule has 19 heavy (non-hydrogen) atoms. The molecule has 1 saturated heterocycles. The van der Waals surface area contributed by atoms with E-state index in [0.29, 0.717) is 12.6 Å². The molecule has 2 N–H and O–H groups in total. The first-order valence-electron chi connectivity index (χ1n) is 6.93. The van der Waals surface area contributed by atoms with Crippen LogP contribution in [0.1, 0.15) is 44.2 Å². The van der Waals surface area contributed by atoms with E-state index in [0.717, 1.165) is 30.3 Å². The van der Waals surface area contributed by atoms with Gasteiger partial charge in [-0.05, 0) is 12.8 Å². The second-order valence-corrected chi connectivity index (χ2v) is 7.23. The van der Waals surface area contributed by atoms with Gasteiger partial charge < -0.3 is 15.4 Å². The number of aromatic nitrogens is 1. The zero-order valence-corrected chi connectivity index (χ0v) is 13.2. The van der Waals surface area contributed by atoms with Gasteiger partial charge in [0.1, 0.15) is 0 Å². The van der Waals surface area contributed by atoms with Crippen LogP contribution in [0, 0.1) is 0 Å². The molecule has 108 valence electrons. The lowest BCUT2D eigenvalue weighted by molar-refractivity contribution is 0.0893. The third kappa shape index (κ3) is 3.27. The predicted molar refractivity (Wildman–Crippen MR) is 80.9 cm³/mol. The number of anilines is 1. The highest BCUT2D eigenvalue weighted by molar-refractivity contribution is 7.15. The number of hydrogen-bond acceptors (Lipinski definition) is 5. The van der Waals surface area contributed by atoms with Gasteiger partial charge in [0.25, 0.3) is 0 Å². The normalized spacial score (nSPS) is 20.9. The van der Waals surface area contributed by atoms with Crippen molar-refractivity contribution in [2.75, 3.05) is 25.1 Å². The summed E-state index contributed by atoms with van der Waals surface area (Å²) in [6.07, 6.45) is 2.65. The summed E-state index contributed by atoms with van der Waals surface area (Å²) in [5, 5.41) is 1.10. The highest BCUT2D eigenvalue weighted by Gasteiger charge is 2.27. The summed E-state index contributed by atoms with van der Waals surface area (Å²) in [6.45, 7) is 9.17. The lowest BCUT2D eigenvalue weighted by atomic mass is 9.91. The van der Waals surface area contributed by atoms with E-state index in [4.69, 9.17) is 15.5 Å². The zero-order valence-electron chi connectivity index (χ0n) is 12.4. The SMILES string of the molecule is COC1CCCN(c2nc(C(C)(C)C)c(CN)s2)C1. The Morgan fingerprint density at radius 3 is 2.74 bits per heavy atom. The van der Waals surface area contributed by atoms with Gasteiger partial charge in [0.05, 0.1) is 11.8 Å². The molecule has 1 aliphatic rings. The molecule has 1 aromatic heterocycles. The highest BCUT2D eigenvalue weighted by atomic mass is 32.1. The fourth-order valence-electron chi connectivity index (χ4n) is 2.50. The van der Waals surface area contributed by atoms with Crippen molar-refractivity contribution in [3.63, 3.8) is 0 Å². The molecule has 2 rings (SSSR count). The Bertz CT molecular complexity index is 425. The Kier molecular flexibility index (Phi) is 4.48. The summed E-state index contributed by atoms with van der Waals surface area (Å²) in [5.41, 5.74) is 7.07. The van der Waals surface area contributed by atoms with E-state index in [1.54, 1.807) is 18.4 Å². The smallest absolute Gasteiger partial charge is 0.185 e. The van der Waals surface area contributed by atoms with Crippen LogP contribution in [0.5, 0.6) is 0 Å². The average Bonchev–Trinajstić information content (AvgIpc) is 2.83. The van der Waals surface area contributed by atoms with E-state index < -0.39 is 0 Å². The minimum atomic E-state index is 0.0555. The quantitative estimate of drug-likeness (QED) is 0.926. The summed E-state index contributed by atoms with van der Waals surface area (Å²) in [4.78, 5) is 8.41. The molecular weight excluding hydrogens is 258 g/mol. The van der Waals surface area contributed by atoms with Crippen LogP contribution in [0.2, 0.25) is 0 Å². The number of methoxy groups -OCH3 is 1. The molecular formula is C14H25N3OS. The minimum Gasteiger partial charge on any atom is -0.380 e. The largest absolute Gasteiger partial charge is 0.380 e. The van der Waals surface area contributed by atoms with Crippen LogP contribution in [0.3, 0.4) is 0 Å². The van der Waals surface area contributed by atoms with Crippen molar-refractivity contribution in [2.45, 2.75) is 51.7 Å². The van der Waals surface area contributed by atoms with Gasteiger partial charge in [0.15, 0.2) is 5.13 Å². The third-order valence-electron chi connectivity index (χ3n) is 3.56. The monoisotopic (exact) mass is 283 g/mol. The van der Waals surface area contributed by atoms with Gasteiger partial charge in [-0.25, -0.2) is 4.98 Å². The number of piperidine rings is 1. The highest BCUT2D eigenvalue weighted by Crippen LogP contribution is 2.34. The lowest BCUT2D eigenvalue weighted by Gasteiger charge is -2.31. The molecule has 1 unspecified atom stereocenters. The second kappa shape index (κ2) is 5.77. The van der Waals surface area contributed by atoms with Crippen molar-refractivity contribution >= 4 is 16.5 Å². The predicted octanol–water partition coefficient (Wildman–Crippen LogP) is 2.51. The van der Waals surface area contributed by atoms with Gasteiger partial charge in [0.2, 0.25) is 0 Å².